The lowest BCUT2D eigenvalue weighted by Gasteiger charge is -2.19. The van der Waals surface area contributed by atoms with Gasteiger partial charge in [0.25, 0.3) is 0 Å². The van der Waals surface area contributed by atoms with Gasteiger partial charge in [-0.25, -0.2) is 0 Å². The SMILES string of the molecule is CC1OCCN(SI)c2ccccc21. The van der Waals surface area contributed by atoms with Crippen LogP contribution in [0.25, 0.3) is 0 Å². The number of hydrogen-bond donors (Lipinski definition) is 0. The number of nitrogens with zero attached hydrogens (tertiary/aromatic N) is 1. The van der Waals surface area contributed by atoms with Crippen LogP contribution in [0.2, 0.25) is 0 Å². The monoisotopic (exact) mass is 321 g/mol. The van der Waals surface area contributed by atoms with Crippen molar-refractivity contribution < 1.29 is 4.74 Å². The molecule has 0 saturated heterocycles. The molecule has 0 amide bonds. The van der Waals surface area contributed by atoms with Crippen molar-refractivity contribution >= 4 is 36.0 Å². The number of fused-ring (bicyclic) bond motifs is 1. The summed E-state index contributed by atoms with van der Waals surface area (Å²) in [5.41, 5.74) is 2.58. The summed E-state index contributed by atoms with van der Waals surface area (Å²) < 4.78 is 7.98. The third-order valence-electron chi connectivity index (χ3n) is 2.39. The fraction of sp³-hybridized carbons (Fsp3) is 0.400. The summed E-state index contributed by atoms with van der Waals surface area (Å²) >= 11 is 2.31. The van der Waals surface area contributed by atoms with E-state index >= 15 is 0 Å². The smallest absolute Gasteiger partial charge is 0.0818 e. The molecule has 0 spiro atoms. The van der Waals surface area contributed by atoms with E-state index in [-0.39, 0.29) is 6.10 Å². The topological polar surface area (TPSA) is 12.5 Å². The number of hydrogen-bond acceptors (Lipinski definition) is 3. The molecule has 1 aliphatic rings. The van der Waals surface area contributed by atoms with Gasteiger partial charge in [-0.15, -0.1) is 0 Å². The van der Waals surface area contributed by atoms with Gasteiger partial charge < -0.3 is 9.04 Å². The fourth-order valence-corrected chi connectivity index (χ4v) is 3.26. The molecule has 0 aromatic heterocycles. The zero-order valence-electron chi connectivity index (χ0n) is 7.94. The average molecular weight is 321 g/mol. The first-order valence-corrected chi connectivity index (χ1v) is 7.91. The highest BCUT2D eigenvalue weighted by atomic mass is 127. The molecule has 1 unspecified atom stereocenters. The summed E-state index contributed by atoms with van der Waals surface area (Å²) in [4.78, 5) is 0. The van der Waals surface area contributed by atoms with Gasteiger partial charge in [0.15, 0.2) is 0 Å². The molecule has 0 radical (unpaired) electrons. The van der Waals surface area contributed by atoms with Crippen molar-refractivity contribution in [1.82, 2.24) is 0 Å². The molecule has 0 saturated carbocycles. The van der Waals surface area contributed by atoms with E-state index in [1.807, 2.05) is 0 Å². The second kappa shape index (κ2) is 4.72. The number of para-hydroxylation sites is 1. The number of rotatable bonds is 1. The van der Waals surface area contributed by atoms with Crippen LogP contribution in [0.1, 0.15) is 18.6 Å². The Balaban J connectivity index is 2.41. The molecule has 1 heterocycles. The molecule has 14 heavy (non-hydrogen) atoms. The van der Waals surface area contributed by atoms with E-state index in [1.54, 1.807) is 9.12 Å². The minimum absolute atomic E-state index is 0.208. The Kier molecular flexibility index (Phi) is 3.57. The molecule has 0 bridgehead atoms. The maximum Gasteiger partial charge on any atom is 0.0818 e. The van der Waals surface area contributed by atoms with Gasteiger partial charge in [-0.1, -0.05) is 18.2 Å². The van der Waals surface area contributed by atoms with Crippen LogP contribution in [0.3, 0.4) is 0 Å². The number of anilines is 1. The predicted molar refractivity (Wildman–Crippen MR) is 69.8 cm³/mol. The normalized spacial score (nSPS) is 21.6. The van der Waals surface area contributed by atoms with Gasteiger partial charge in [0, 0.05) is 35.9 Å². The second-order valence-electron chi connectivity index (χ2n) is 3.24. The first kappa shape index (κ1) is 10.6. The van der Waals surface area contributed by atoms with Gasteiger partial charge in [0.2, 0.25) is 0 Å². The molecular formula is C10H12INOS. The molecule has 1 aromatic rings. The minimum Gasteiger partial charge on any atom is -0.372 e. The Morgan fingerprint density at radius 1 is 1.50 bits per heavy atom. The zero-order chi connectivity index (χ0) is 9.97. The third-order valence-corrected chi connectivity index (χ3v) is 4.36. The maximum atomic E-state index is 5.70. The maximum absolute atomic E-state index is 5.70. The average Bonchev–Trinajstić information content (AvgIpc) is 2.39. The molecule has 76 valence electrons. The molecule has 1 aromatic carbocycles. The highest BCUT2D eigenvalue weighted by Gasteiger charge is 2.19. The quantitative estimate of drug-likeness (QED) is 0.579. The largest absolute Gasteiger partial charge is 0.372 e. The van der Waals surface area contributed by atoms with Gasteiger partial charge in [0.05, 0.1) is 24.9 Å². The second-order valence-corrected chi connectivity index (χ2v) is 5.00. The van der Waals surface area contributed by atoms with Gasteiger partial charge in [-0.3, -0.25) is 0 Å². The molecule has 4 heteroatoms. The van der Waals surface area contributed by atoms with Crippen LogP contribution in [-0.2, 0) is 4.74 Å². The van der Waals surface area contributed by atoms with E-state index in [2.05, 4.69) is 56.7 Å². The third kappa shape index (κ3) is 2.01. The summed E-state index contributed by atoms with van der Waals surface area (Å²) in [5.74, 6) is 0. The van der Waals surface area contributed by atoms with Crippen LogP contribution in [0.15, 0.2) is 24.3 Å². The van der Waals surface area contributed by atoms with Crippen LogP contribution in [-0.4, -0.2) is 13.2 Å². The Morgan fingerprint density at radius 3 is 3.07 bits per heavy atom. The van der Waals surface area contributed by atoms with Crippen molar-refractivity contribution in [3.63, 3.8) is 0 Å². The lowest BCUT2D eigenvalue weighted by Crippen LogP contribution is -2.16. The van der Waals surface area contributed by atoms with E-state index in [9.17, 15) is 0 Å². The predicted octanol–water partition coefficient (Wildman–Crippen LogP) is 3.58. The number of benzene rings is 1. The summed E-state index contributed by atoms with van der Waals surface area (Å²) in [6.07, 6.45) is 0.208. The molecule has 1 atom stereocenters. The van der Waals surface area contributed by atoms with Crippen molar-refractivity contribution in [3.8, 4) is 0 Å². The zero-order valence-corrected chi connectivity index (χ0v) is 10.9. The summed E-state index contributed by atoms with van der Waals surface area (Å²) in [6, 6.07) is 8.45. The molecule has 0 aliphatic carbocycles. The lowest BCUT2D eigenvalue weighted by atomic mass is 10.1. The molecule has 2 nitrogen and oxygen atoms in total. The van der Waals surface area contributed by atoms with Crippen LogP contribution in [0, 0.1) is 0 Å². The summed E-state index contributed by atoms with van der Waals surface area (Å²) in [6.45, 7) is 3.86. The van der Waals surface area contributed by atoms with Crippen LogP contribution in [0.4, 0.5) is 5.69 Å². The Bertz CT molecular complexity index is 321. The van der Waals surface area contributed by atoms with Crippen molar-refractivity contribution in [1.29, 1.82) is 0 Å². The number of ether oxygens (including phenoxy) is 1. The standard InChI is InChI=1S/C10H12INOS/c1-8-9-4-2-3-5-10(9)12(14-11)6-7-13-8/h2-5,8H,6-7H2,1H3. The summed E-state index contributed by atoms with van der Waals surface area (Å²) in [7, 11) is 1.73. The van der Waals surface area contributed by atoms with Crippen LogP contribution in [0.5, 0.6) is 0 Å². The van der Waals surface area contributed by atoms with Gasteiger partial charge in [0.1, 0.15) is 0 Å². The van der Waals surface area contributed by atoms with E-state index in [1.165, 1.54) is 11.3 Å². The van der Waals surface area contributed by atoms with Crippen LogP contribution >= 0.6 is 30.3 Å². The Labute approximate surface area is 101 Å². The van der Waals surface area contributed by atoms with Crippen molar-refractivity contribution in [2.75, 3.05) is 17.5 Å². The first-order chi connectivity index (χ1) is 6.83. The van der Waals surface area contributed by atoms with Crippen molar-refractivity contribution in [3.05, 3.63) is 29.8 Å². The first-order valence-electron chi connectivity index (χ1n) is 4.59. The Hall–Kier alpha value is 0.0600. The van der Waals surface area contributed by atoms with E-state index in [4.69, 9.17) is 4.74 Å². The van der Waals surface area contributed by atoms with Crippen LogP contribution < -0.4 is 4.31 Å². The van der Waals surface area contributed by atoms with Crippen molar-refractivity contribution in [2.45, 2.75) is 13.0 Å². The lowest BCUT2D eigenvalue weighted by molar-refractivity contribution is 0.0770. The fourth-order valence-electron chi connectivity index (χ4n) is 1.65. The van der Waals surface area contributed by atoms with E-state index < -0.39 is 0 Å². The van der Waals surface area contributed by atoms with Gasteiger partial charge in [-0.2, -0.15) is 0 Å². The van der Waals surface area contributed by atoms with Gasteiger partial charge in [-0.05, 0) is 13.0 Å². The number of halogens is 1. The van der Waals surface area contributed by atoms with Crippen molar-refractivity contribution in [2.24, 2.45) is 0 Å². The van der Waals surface area contributed by atoms with Gasteiger partial charge >= 0.3 is 0 Å². The minimum atomic E-state index is 0.208. The highest BCUT2D eigenvalue weighted by Crippen LogP contribution is 2.36. The Morgan fingerprint density at radius 2 is 2.29 bits per heavy atom. The van der Waals surface area contributed by atoms with E-state index in [0.717, 1.165) is 13.2 Å². The molecule has 2 rings (SSSR count). The highest BCUT2D eigenvalue weighted by molar-refractivity contribution is 14.2. The molecule has 1 aliphatic heterocycles. The van der Waals surface area contributed by atoms with E-state index in [0.29, 0.717) is 0 Å². The summed E-state index contributed by atoms with van der Waals surface area (Å²) in [5, 5.41) is 0. The molecule has 0 N–H and O–H groups in total. The molecule has 0 fully saturated rings. The molecular weight excluding hydrogens is 309 g/mol.